The smallest absolute Gasteiger partial charge is 0.173 e. The average Bonchev–Trinajstić information content (AvgIpc) is 2.45. The van der Waals surface area contributed by atoms with Gasteiger partial charge in [0.1, 0.15) is 0 Å². The lowest BCUT2D eigenvalue weighted by Crippen LogP contribution is -2.43. The Balaban J connectivity index is 2.34. The van der Waals surface area contributed by atoms with Crippen LogP contribution in [0.25, 0.3) is 0 Å². The Morgan fingerprint density at radius 2 is 1.28 bits per heavy atom. The van der Waals surface area contributed by atoms with E-state index in [2.05, 4.69) is 48.5 Å². The van der Waals surface area contributed by atoms with Gasteiger partial charge in [-0.3, -0.25) is 0 Å². The molecule has 2 fully saturated rings. The van der Waals surface area contributed by atoms with E-state index in [1.54, 1.807) is 0 Å². The summed E-state index contributed by atoms with van der Waals surface area (Å²) < 4.78 is 26.2. The quantitative estimate of drug-likeness (QED) is 0.468. The van der Waals surface area contributed by atoms with Gasteiger partial charge in [0.05, 0.1) is 0 Å². The Bertz CT molecular complexity index is 458. The topological polar surface area (TPSA) is 0 Å². The first kappa shape index (κ1) is 20.9. The highest BCUT2D eigenvalue weighted by Gasteiger charge is 2.50. The van der Waals surface area contributed by atoms with Crippen molar-refractivity contribution in [3.8, 4) is 0 Å². The van der Waals surface area contributed by atoms with Crippen LogP contribution in [0, 0.1) is 34.0 Å². The predicted octanol–water partition coefficient (Wildman–Crippen LogP) is 8.23. The zero-order chi connectivity index (χ0) is 19.0. The Morgan fingerprint density at radius 1 is 0.880 bits per heavy atom. The number of allylic oxidation sites excluding steroid dienone is 1. The van der Waals surface area contributed by atoms with Gasteiger partial charge in [-0.25, -0.2) is 0 Å². The Morgan fingerprint density at radius 3 is 1.60 bits per heavy atom. The largest absolute Gasteiger partial charge is 0.269 e. The summed E-state index contributed by atoms with van der Waals surface area (Å²) in [6.07, 6.45) is 6.99. The maximum atomic E-state index is 13.1. The van der Waals surface area contributed by atoms with Crippen LogP contribution in [0.4, 0.5) is 8.78 Å². The zero-order valence-electron chi connectivity index (χ0n) is 17.6. The van der Waals surface area contributed by atoms with Crippen molar-refractivity contribution in [2.75, 3.05) is 0 Å². The van der Waals surface area contributed by atoms with E-state index >= 15 is 0 Å². The van der Waals surface area contributed by atoms with Crippen molar-refractivity contribution in [1.82, 2.24) is 0 Å². The molecule has 2 aliphatic rings. The Labute approximate surface area is 154 Å². The summed E-state index contributed by atoms with van der Waals surface area (Å²) in [6, 6.07) is 0. The second kappa shape index (κ2) is 7.31. The Kier molecular flexibility index (Phi) is 6.12. The molecule has 0 aliphatic heterocycles. The molecule has 0 aromatic rings. The fourth-order valence-corrected chi connectivity index (χ4v) is 6.68. The summed E-state index contributed by atoms with van der Waals surface area (Å²) in [7, 11) is 0. The van der Waals surface area contributed by atoms with Gasteiger partial charge in [0.15, 0.2) is 0 Å². The van der Waals surface area contributed by atoms with Gasteiger partial charge in [0, 0.05) is 0 Å². The SMILES string of the molecule is CCC1CC(C)(C)CC2(CC(=C(F)F)C2)CC(C)(C)CC(CC)C1C. The van der Waals surface area contributed by atoms with Gasteiger partial charge in [-0.15, -0.1) is 0 Å². The summed E-state index contributed by atoms with van der Waals surface area (Å²) in [5, 5.41) is 0. The van der Waals surface area contributed by atoms with E-state index in [4.69, 9.17) is 0 Å². The minimum atomic E-state index is -1.41. The first-order chi connectivity index (χ1) is 11.4. The molecule has 0 bridgehead atoms. The minimum Gasteiger partial charge on any atom is -0.173 e. The number of hydrogen-bond donors (Lipinski definition) is 0. The van der Waals surface area contributed by atoms with Gasteiger partial charge in [0.25, 0.3) is 6.08 Å². The molecule has 2 aliphatic carbocycles. The molecule has 0 saturated heterocycles. The fraction of sp³-hybridized carbons (Fsp3) is 0.913. The third-order valence-corrected chi connectivity index (χ3v) is 7.32. The minimum absolute atomic E-state index is 0.100. The lowest BCUT2D eigenvalue weighted by atomic mass is 9.51. The van der Waals surface area contributed by atoms with Crippen LogP contribution in [-0.4, -0.2) is 0 Å². The van der Waals surface area contributed by atoms with E-state index in [0.29, 0.717) is 18.4 Å². The molecule has 146 valence electrons. The molecule has 25 heavy (non-hydrogen) atoms. The maximum absolute atomic E-state index is 13.1. The lowest BCUT2D eigenvalue weighted by Gasteiger charge is -2.54. The summed E-state index contributed by atoms with van der Waals surface area (Å²) in [5.41, 5.74) is 0.997. The van der Waals surface area contributed by atoms with Crippen LogP contribution in [-0.2, 0) is 0 Å². The molecule has 1 spiro atoms. The Hall–Kier alpha value is -0.400. The molecule has 2 heteroatoms. The summed E-state index contributed by atoms with van der Waals surface area (Å²) >= 11 is 0. The highest BCUT2D eigenvalue weighted by atomic mass is 19.3. The van der Waals surface area contributed by atoms with E-state index in [1.165, 1.54) is 25.7 Å². The first-order valence-corrected chi connectivity index (χ1v) is 10.5. The van der Waals surface area contributed by atoms with Crippen molar-refractivity contribution < 1.29 is 8.78 Å². The van der Waals surface area contributed by atoms with Crippen LogP contribution < -0.4 is 0 Å². The highest BCUT2D eigenvalue weighted by Crippen LogP contribution is 2.61. The van der Waals surface area contributed by atoms with Crippen LogP contribution in [0.1, 0.15) is 99.8 Å². The van der Waals surface area contributed by atoms with Gasteiger partial charge in [-0.05, 0) is 78.1 Å². The first-order valence-electron chi connectivity index (χ1n) is 10.5. The van der Waals surface area contributed by atoms with E-state index < -0.39 is 6.08 Å². The molecule has 2 rings (SSSR count). The molecule has 0 radical (unpaired) electrons. The number of rotatable bonds is 2. The van der Waals surface area contributed by atoms with Gasteiger partial charge in [0.2, 0.25) is 0 Å². The normalized spacial score (nSPS) is 38.3. The molecule has 0 aromatic carbocycles. The molecule has 2 saturated carbocycles. The number of halogens is 2. The third kappa shape index (κ3) is 4.86. The van der Waals surface area contributed by atoms with Gasteiger partial charge in [-0.1, -0.05) is 61.3 Å². The third-order valence-electron chi connectivity index (χ3n) is 7.32. The molecular formula is C23H40F2. The van der Waals surface area contributed by atoms with Crippen LogP contribution in [0.2, 0.25) is 0 Å². The van der Waals surface area contributed by atoms with Crippen LogP contribution in [0.3, 0.4) is 0 Å². The average molecular weight is 355 g/mol. The van der Waals surface area contributed by atoms with E-state index in [0.717, 1.165) is 30.6 Å². The van der Waals surface area contributed by atoms with Gasteiger partial charge in [-0.2, -0.15) is 8.78 Å². The van der Waals surface area contributed by atoms with Crippen molar-refractivity contribution in [3.05, 3.63) is 11.7 Å². The van der Waals surface area contributed by atoms with Crippen molar-refractivity contribution in [2.24, 2.45) is 34.0 Å². The molecule has 0 nitrogen and oxygen atoms in total. The van der Waals surface area contributed by atoms with Crippen molar-refractivity contribution >= 4 is 0 Å². The van der Waals surface area contributed by atoms with Crippen LogP contribution in [0.5, 0.6) is 0 Å². The number of hydrogen-bond acceptors (Lipinski definition) is 0. The standard InChI is InChI=1S/C23H40F2/c1-8-17-10-21(4,5)14-23(12-19(13-23)20(24)25)15-22(6,7)11-18(9-2)16(17)3/h16-18H,8-15H2,1-7H3. The van der Waals surface area contributed by atoms with E-state index in [1.807, 2.05) is 0 Å². The lowest BCUT2D eigenvalue weighted by molar-refractivity contribution is 0.00145. The van der Waals surface area contributed by atoms with Crippen LogP contribution >= 0.6 is 0 Å². The second-order valence-electron chi connectivity index (χ2n) is 11.0. The molecule has 0 aromatic heterocycles. The van der Waals surface area contributed by atoms with Gasteiger partial charge < -0.3 is 0 Å². The van der Waals surface area contributed by atoms with Crippen molar-refractivity contribution in [2.45, 2.75) is 99.8 Å². The molecule has 0 N–H and O–H groups in total. The van der Waals surface area contributed by atoms with Gasteiger partial charge >= 0.3 is 0 Å². The molecule has 0 heterocycles. The molecule has 2 atom stereocenters. The maximum Gasteiger partial charge on any atom is 0.269 e. The summed E-state index contributed by atoms with van der Waals surface area (Å²) in [5.74, 6) is 2.25. The zero-order valence-corrected chi connectivity index (χ0v) is 17.6. The fourth-order valence-electron chi connectivity index (χ4n) is 6.68. The molecule has 0 amide bonds. The summed E-state index contributed by atoms with van der Waals surface area (Å²) in [4.78, 5) is 0. The summed E-state index contributed by atoms with van der Waals surface area (Å²) in [6.45, 7) is 16.7. The highest BCUT2D eigenvalue weighted by molar-refractivity contribution is 5.21. The van der Waals surface area contributed by atoms with Crippen LogP contribution in [0.15, 0.2) is 11.7 Å². The second-order valence-corrected chi connectivity index (χ2v) is 11.0. The molecule has 2 unspecified atom stereocenters. The molecular weight excluding hydrogens is 314 g/mol. The van der Waals surface area contributed by atoms with Crippen molar-refractivity contribution in [1.29, 1.82) is 0 Å². The van der Waals surface area contributed by atoms with E-state index in [-0.39, 0.29) is 16.2 Å². The monoisotopic (exact) mass is 354 g/mol. The van der Waals surface area contributed by atoms with E-state index in [9.17, 15) is 8.78 Å². The predicted molar refractivity (Wildman–Crippen MR) is 104 cm³/mol. The van der Waals surface area contributed by atoms with Crippen molar-refractivity contribution in [3.63, 3.8) is 0 Å².